The lowest BCUT2D eigenvalue weighted by atomic mass is 10.00. The van der Waals surface area contributed by atoms with Gasteiger partial charge >= 0.3 is 5.97 Å². The zero-order valence-corrected chi connectivity index (χ0v) is 15.5. The van der Waals surface area contributed by atoms with Crippen LogP contribution in [0.5, 0.6) is 0 Å². The van der Waals surface area contributed by atoms with Crippen LogP contribution < -0.4 is 5.73 Å². The van der Waals surface area contributed by atoms with E-state index in [4.69, 9.17) is 10.6 Å². The molecule has 0 aliphatic carbocycles. The molecule has 0 fully saturated rings. The summed E-state index contributed by atoms with van der Waals surface area (Å²) in [5.41, 5.74) is 8.63. The van der Waals surface area contributed by atoms with E-state index in [9.17, 15) is 14.9 Å². The van der Waals surface area contributed by atoms with Crippen LogP contribution in [-0.2, 0) is 17.7 Å². The topological polar surface area (TPSA) is 108 Å². The first kappa shape index (κ1) is 19.8. The van der Waals surface area contributed by atoms with E-state index in [-0.39, 0.29) is 11.5 Å². The van der Waals surface area contributed by atoms with E-state index in [1.165, 1.54) is 29.8 Å². The highest BCUT2D eigenvalue weighted by Gasteiger charge is 2.13. The lowest BCUT2D eigenvalue weighted by molar-refractivity contribution is -0.384. The van der Waals surface area contributed by atoms with Crippen LogP contribution in [0, 0.1) is 10.1 Å². The molecule has 0 atom stereocenters. The number of hydrogen-bond acceptors (Lipinski definition) is 5. The summed E-state index contributed by atoms with van der Waals surface area (Å²) in [5, 5.41) is 14.4. The van der Waals surface area contributed by atoms with Crippen LogP contribution in [0.4, 0.5) is 5.69 Å². The molecule has 2 N–H and O–H groups in total. The third-order valence-electron chi connectivity index (χ3n) is 4.36. The lowest BCUT2D eigenvalue weighted by Gasteiger charge is -2.08. The van der Waals surface area contributed by atoms with Gasteiger partial charge in [-0.25, -0.2) is 4.79 Å². The summed E-state index contributed by atoms with van der Waals surface area (Å²) < 4.78 is 0. The number of hydrogen-bond donors (Lipinski definition) is 1. The molecule has 7 nitrogen and oxygen atoms in total. The van der Waals surface area contributed by atoms with E-state index in [0.29, 0.717) is 17.5 Å². The Kier molecular flexibility index (Phi) is 6.32. The molecule has 3 rings (SSSR count). The van der Waals surface area contributed by atoms with Crippen LogP contribution in [0.1, 0.15) is 27.0 Å². The van der Waals surface area contributed by atoms with Crippen molar-refractivity contribution in [3.05, 3.63) is 111 Å². The number of carbonyl (C=O) groups excluding carboxylic acids is 1. The predicted octanol–water partition coefficient (Wildman–Crippen LogP) is 3.86. The lowest BCUT2D eigenvalue weighted by Crippen LogP contribution is -2.15. The van der Waals surface area contributed by atoms with Crippen LogP contribution in [-0.4, -0.2) is 16.7 Å². The Morgan fingerprint density at radius 2 is 1.59 bits per heavy atom. The summed E-state index contributed by atoms with van der Waals surface area (Å²) in [5.74, 6) is -0.659. The SMILES string of the molecule is N/C(=N\OC(=O)c1ccccc1CCc1ccccc1)c1ccc([N+](=O)[O-])cc1. The fourth-order valence-electron chi connectivity index (χ4n) is 2.81. The molecule has 0 heterocycles. The molecule has 0 aliphatic heterocycles. The number of nitrogens with zero attached hydrogens (tertiary/aromatic N) is 2. The Hall–Kier alpha value is -4.00. The minimum Gasteiger partial charge on any atom is -0.380 e. The van der Waals surface area contributed by atoms with Crippen molar-refractivity contribution in [1.29, 1.82) is 0 Å². The van der Waals surface area contributed by atoms with Crippen LogP contribution in [0.2, 0.25) is 0 Å². The molecule has 3 aromatic carbocycles. The third kappa shape index (κ3) is 5.26. The number of oxime groups is 1. The standard InChI is InChI=1S/C22H19N3O4/c23-21(18-12-14-19(15-13-18)25(27)28)24-29-22(26)20-9-5-4-8-17(20)11-10-16-6-2-1-3-7-16/h1-9,12-15H,10-11H2,(H2,23,24). The molecule has 0 amide bonds. The fourth-order valence-corrected chi connectivity index (χ4v) is 2.81. The first-order chi connectivity index (χ1) is 14.0. The second-order valence-corrected chi connectivity index (χ2v) is 6.30. The highest BCUT2D eigenvalue weighted by atomic mass is 16.7. The van der Waals surface area contributed by atoms with Crippen molar-refractivity contribution in [2.75, 3.05) is 0 Å². The first-order valence-corrected chi connectivity index (χ1v) is 8.96. The maximum Gasteiger partial charge on any atom is 0.366 e. The maximum atomic E-state index is 12.5. The Morgan fingerprint density at radius 3 is 2.28 bits per heavy atom. The van der Waals surface area contributed by atoms with E-state index in [2.05, 4.69) is 5.16 Å². The fraction of sp³-hybridized carbons (Fsp3) is 0.0909. The van der Waals surface area contributed by atoms with Crippen LogP contribution in [0.3, 0.4) is 0 Å². The van der Waals surface area contributed by atoms with Crippen molar-refractivity contribution in [2.24, 2.45) is 10.9 Å². The molecule has 0 saturated heterocycles. The van der Waals surface area contributed by atoms with Crippen molar-refractivity contribution in [2.45, 2.75) is 12.8 Å². The highest BCUT2D eigenvalue weighted by Crippen LogP contribution is 2.15. The Bertz CT molecular complexity index is 1030. The maximum absolute atomic E-state index is 12.5. The Morgan fingerprint density at radius 1 is 0.931 bits per heavy atom. The molecule has 0 radical (unpaired) electrons. The number of benzene rings is 3. The monoisotopic (exact) mass is 389 g/mol. The van der Waals surface area contributed by atoms with E-state index in [1.807, 2.05) is 42.5 Å². The van der Waals surface area contributed by atoms with Gasteiger partial charge < -0.3 is 10.6 Å². The van der Waals surface area contributed by atoms with Gasteiger partial charge in [-0.3, -0.25) is 10.1 Å². The molecule has 7 heteroatoms. The molecule has 3 aromatic rings. The van der Waals surface area contributed by atoms with Gasteiger partial charge in [-0.05, 0) is 42.2 Å². The van der Waals surface area contributed by atoms with E-state index in [1.54, 1.807) is 12.1 Å². The molecule has 0 unspecified atom stereocenters. The highest BCUT2D eigenvalue weighted by molar-refractivity contribution is 5.98. The van der Waals surface area contributed by atoms with Crippen molar-refractivity contribution in [3.63, 3.8) is 0 Å². The number of rotatable bonds is 7. The number of amidine groups is 1. The second-order valence-electron chi connectivity index (χ2n) is 6.30. The zero-order valence-electron chi connectivity index (χ0n) is 15.5. The van der Waals surface area contributed by atoms with E-state index < -0.39 is 10.9 Å². The molecule has 0 aliphatic rings. The summed E-state index contributed by atoms with van der Waals surface area (Å²) in [7, 11) is 0. The minimum atomic E-state index is -0.612. The molecule has 0 saturated carbocycles. The third-order valence-corrected chi connectivity index (χ3v) is 4.36. The van der Waals surface area contributed by atoms with Gasteiger partial charge in [0.1, 0.15) is 0 Å². The van der Waals surface area contributed by atoms with Crippen molar-refractivity contribution >= 4 is 17.5 Å². The van der Waals surface area contributed by atoms with Crippen molar-refractivity contribution in [1.82, 2.24) is 0 Å². The number of aryl methyl sites for hydroxylation is 2. The molecular formula is C22H19N3O4. The summed E-state index contributed by atoms with van der Waals surface area (Å²) in [6, 6.07) is 22.7. The molecule has 0 aromatic heterocycles. The summed E-state index contributed by atoms with van der Waals surface area (Å²) in [4.78, 5) is 27.7. The largest absolute Gasteiger partial charge is 0.380 e. The number of nitrogens with two attached hydrogens (primary N) is 1. The smallest absolute Gasteiger partial charge is 0.366 e. The van der Waals surface area contributed by atoms with E-state index >= 15 is 0 Å². The first-order valence-electron chi connectivity index (χ1n) is 8.96. The quantitative estimate of drug-likeness (QED) is 0.217. The van der Waals surface area contributed by atoms with Gasteiger partial charge in [-0.15, -0.1) is 0 Å². The van der Waals surface area contributed by atoms with Crippen molar-refractivity contribution in [3.8, 4) is 0 Å². The molecule has 146 valence electrons. The molecule has 0 bridgehead atoms. The van der Waals surface area contributed by atoms with Crippen LogP contribution in [0.25, 0.3) is 0 Å². The number of nitro benzene ring substituents is 1. The van der Waals surface area contributed by atoms with Gasteiger partial charge in [0.05, 0.1) is 10.5 Å². The van der Waals surface area contributed by atoms with E-state index in [0.717, 1.165) is 12.0 Å². The Labute approximate surface area is 167 Å². The van der Waals surface area contributed by atoms with Crippen molar-refractivity contribution < 1.29 is 14.6 Å². The average molecular weight is 389 g/mol. The van der Waals surface area contributed by atoms with Crippen LogP contribution >= 0.6 is 0 Å². The molecule has 0 spiro atoms. The minimum absolute atomic E-state index is 0.0463. The summed E-state index contributed by atoms with van der Waals surface area (Å²) in [6.45, 7) is 0. The second kappa shape index (κ2) is 9.27. The van der Waals surface area contributed by atoms with Crippen LogP contribution in [0.15, 0.2) is 84.0 Å². The number of carbonyl (C=O) groups is 1. The Balaban J connectivity index is 1.68. The summed E-state index contributed by atoms with van der Waals surface area (Å²) in [6.07, 6.45) is 1.47. The van der Waals surface area contributed by atoms with Gasteiger partial charge in [0.2, 0.25) is 0 Å². The number of non-ortho nitro benzene ring substituents is 1. The summed E-state index contributed by atoms with van der Waals surface area (Å²) >= 11 is 0. The zero-order chi connectivity index (χ0) is 20.6. The van der Waals surface area contributed by atoms with Gasteiger partial charge in [-0.1, -0.05) is 53.7 Å². The van der Waals surface area contributed by atoms with Gasteiger partial charge in [0.25, 0.3) is 5.69 Å². The van der Waals surface area contributed by atoms with Gasteiger partial charge in [0.15, 0.2) is 5.84 Å². The molecule has 29 heavy (non-hydrogen) atoms. The van der Waals surface area contributed by atoms with Gasteiger partial charge in [-0.2, -0.15) is 0 Å². The number of nitro groups is 1. The molecular weight excluding hydrogens is 370 g/mol. The normalized spacial score (nSPS) is 11.1. The average Bonchev–Trinajstić information content (AvgIpc) is 2.76. The predicted molar refractivity (Wildman–Crippen MR) is 110 cm³/mol. The van der Waals surface area contributed by atoms with Gasteiger partial charge in [0, 0.05) is 17.7 Å².